The van der Waals surface area contributed by atoms with Crippen LogP contribution in [0.2, 0.25) is 0 Å². The van der Waals surface area contributed by atoms with Crippen LogP contribution in [0.15, 0.2) is 128 Å². The fraction of sp³-hybridized carbons (Fsp3) is 0.0714. The number of benzene rings is 4. The largest absolute Gasteiger partial charge is 1.00 e. The number of anilines is 3. The normalized spacial score (nSPS) is 18.8. The molecule has 6 rings (SSSR count). The van der Waals surface area contributed by atoms with Gasteiger partial charge in [-0.2, -0.15) is 3.51 Å². The minimum atomic E-state index is 0. The Hall–Kier alpha value is -2.50. The SMILES string of the molecule is Brc1cccc(N2CN(c3ccccc3)C(C3=NN(c4cccc(Br)c4)C[N+]3(Br)c3ccccc3)=N2)c1.[Br-]. The van der Waals surface area contributed by atoms with Crippen molar-refractivity contribution in [2.24, 2.45) is 10.2 Å². The smallest absolute Gasteiger partial charge is 0.307 e. The zero-order chi connectivity index (χ0) is 25.4. The highest BCUT2D eigenvalue weighted by Crippen LogP contribution is 2.38. The lowest BCUT2D eigenvalue weighted by Gasteiger charge is -2.27. The molecule has 0 aliphatic carbocycles. The molecular weight excluding hydrogens is 740 g/mol. The summed E-state index contributed by atoms with van der Waals surface area (Å²) in [5, 5.41) is 14.4. The second-order valence-electron chi connectivity index (χ2n) is 8.70. The van der Waals surface area contributed by atoms with E-state index >= 15 is 0 Å². The highest BCUT2D eigenvalue weighted by molar-refractivity contribution is 9.10. The highest BCUT2D eigenvalue weighted by atomic mass is 79.9. The van der Waals surface area contributed by atoms with E-state index in [9.17, 15) is 0 Å². The van der Waals surface area contributed by atoms with Gasteiger partial charge in [0.05, 0.1) is 11.4 Å². The predicted molar refractivity (Wildman–Crippen MR) is 164 cm³/mol. The van der Waals surface area contributed by atoms with Crippen LogP contribution in [-0.4, -0.2) is 25.0 Å². The molecule has 0 N–H and O–H groups in total. The lowest BCUT2D eigenvalue weighted by Crippen LogP contribution is -3.00. The average Bonchev–Trinajstić information content (AvgIpc) is 3.52. The molecule has 1 atom stereocenters. The fourth-order valence-electron chi connectivity index (χ4n) is 4.47. The standard InChI is InChI=1S/C28H22Br3N6.BrH/c29-21-9-7-13-24(17-21)35-19-34(23-11-3-1-4-12-23)27(32-35)28-33-36(25-14-8-10-22(30)18-25)20-37(28,31)26-15-5-2-6-16-26;/h1-18H,19-20H2;1H/q+1;/p-1. The first-order valence-electron chi connectivity index (χ1n) is 11.7. The summed E-state index contributed by atoms with van der Waals surface area (Å²) in [5.74, 6) is 1.58. The summed E-state index contributed by atoms with van der Waals surface area (Å²) < 4.78 is 2.31. The number of amidine groups is 2. The lowest BCUT2D eigenvalue weighted by molar-refractivity contribution is -0.00000682. The number of quaternary nitrogens is 1. The molecule has 4 aromatic carbocycles. The van der Waals surface area contributed by atoms with Gasteiger partial charge in [-0.25, -0.2) is 10.0 Å². The summed E-state index contributed by atoms with van der Waals surface area (Å²) in [6.07, 6.45) is 0. The molecule has 0 spiro atoms. The van der Waals surface area contributed by atoms with E-state index in [1.165, 1.54) is 0 Å². The number of para-hydroxylation sites is 2. The Balaban J connectivity index is 0.00000294. The van der Waals surface area contributed by atoms with Crippen molar-refractivity contribution in [3.05, 3.63) is 118 Å². The van der Waals surface area contributed by atoms with Crippen molar-refractivity contribution in [3.8, 4) is 0 Å². The van der Waals surface area contributed by atoms with Crippen LogP contribution >= 0.6 is 48.0 Å². The van der Waals surface area contributed by atoms with Gasteiger partial charge >= 0.3 is 5.84 Å². The molecule has 0 saturated carbocycles. The molecule has 0 amide bonds. The van der Waals surface area contributed by atoms with Crippen LogP contribution < -0.4 is 35.4 Å². The van der Waals surface area contributed by atoms with Crippen LogP contribution in [0.25, 0.3) is 0 Å². The molecule has 6 nitrogen and oxygen atoms in total. The van der Waals surface area contributed by atoms with Crippen LogP contribution in [0.3, 0.4) is 0 Å². The van der Waals surface area contributed by atoms with E-state index in [-0.39, 0.29) is 17.0 Å². The summed E-state index contributed by atoms with van der Waals surface area (Å²) in [7, 11) is 0. The molecule has 0 fully saturated rings. The molecule has 2 aliphatic rings. The number of nitrogens with zero attached hydrogens (tertiary/aromatic N) is 6. The quantitative estimate of drug-likeness (QED) is 0.271. The minimum absolute atomic E-state index is 0. The van der Waals surface area contributed by atoms with E-state index < -0.39 is 0 Å². The summed E-state index contributed by atoms with van der Waals surface area (Å²) in [6.45, 7) is 1.13. The molecule has 38 heavy (non-hydrogen) atoms. The lowest BCUT2D eigenvalue weighted by atomic mass is 10.2. The van der Waals surface area contributed by atoms with E-state index in [2.05, 4.69) is 114 Å². The number of halogens is 4. The van der Waals surface area contributed by atoms with Gasteiger partial charge in [0.25, 0.3) is 0 Å². The third-order valence-electron chi connectivity index (χ3n) is 6.27. The maximum absolute atomic E-state index is 5.18. The summed E-state index contributed by atoms with van der Waals surface area (Å²) in [5.41, 5.74) is 4.11. The van der Waals surface area contributed by atoms with Crippen LogP contribution in [0.5, 0.6) is 0 Å². The van der Waals surface area contributed by atoms with E-state index in [1.807, 2.05) is 58.5 Å². The van der Waals surface area contributed by atoms with E-state index in [4.69, 9.17) is 10.2 Å². The van der Waals surface area contributed by atoms with Gasteiger partial charge in [0.1, 0.15) is 6.67 Å². The highest BCUT2D eigenvalue weighted by Gasteiger charge is 2.50. The van der Waals surface area contributed by atoms with Crippen molar-refractivity contribution < 1.29 is 17.0 Å². The number of hydrogen-bond acceptors (Lipinski definition) is 5. The minimum Gasteiger partial charge on any atom is -1.00 e. The van der Waals surface area contributed by atoms with Gasteiger partial charge < -0.3 is 17.0 Å². The average molecular weight is 762 g/mol. The van der Waals surface area contributed by atoms with Gasteiger partial charge in [0.15, 0.2) is 12.4 Å². The summed E-state index contributed by atoms with van der Waals surface area (Å²) in [4.78, 5) is 2.21. The maximum atomic E-state index is 5.18. The topological polar surface area (TPSA) is 34.4 Å². The Morgan fingerprint density at radius 1 is 0.632 bits per heavy atom. The molecule has 1 unspecified atom stereocenters. The van der Waals surface area contributed by atoms with Crippen molar-refractivity contribution in [1.29, 1.82) is 0 Å². The van der Waals surface area contributed by atoms with Crippen molar-refractivity contribution in [2.45, 2.75) is 0 Å². The Kier molecular flexibility index (Phi) is 8.06. The Morgan fingerprint density at radius 2 is 1.18 bits per heavy atom. The summed E-state index contributed by atoms with van der Waals surface area (Å²) >= 11 is 11.3. The third-order valence-corrected chi connectivity index (χ3v) is 8.23. The second kappa shape index (κ2) is 11.3. The number of hydrazone groups is 2. The van der Waals surface area contributed by atoms with Gasteiger partial charge in [-0.1, -0.05) is 80.4 Å². The first-order chi connectivity index (χ1) is 18.0. The van der Waals surface area contributed by atoms with Gasteiger partial charge in [0, 0.05) is 26.8 Å². The van der Waals surface area contributed by atoms with Gasteiger partial charge in [-0.15, -0.1) is 10.2 Å². The molecule has 0 saturated heterocycles. The molecule has 4 aromatic rings. The van der Waals surface area contributed by atoms with E-state index in [1.54, 1.807) is 0 Å². The number of rotatable bonds is 5. The molecular formula is C28H22Br4N6. The molecule has 10 heteroatoms. The van der Waals surface area contributed by atoms with Crippen molar-refractivity contribution in [3.63, 3.8) is 0 Å². The van der Waals surface area contributed by atoms with Crippen molar-refractivity contribution in [1.82, 2.24) is 3.51 Å². The first-order valence-corrected chi connectivity index (χ1v) is 14.0. The predicted octanol–water partition coefficient (Wildman–Crippen LogP) is 4.92. The van der Waals surface area contributed by atoms with E-state index in [0.717, 1.165) is 43.4 Å². The molecule has 192 valence electrons. The zero-order valence-corrected chi connectivity index (χ0v) is 26.3. The second-order valence-corrected chi connectivity index (χ2v) is 11.7. The van der Waals surface area contributed by atoms with Crippen molar-refractivity contribution >= 4 is 82.4 Å². The first kappa shape index (κ1) is 27.1. The van der Waals surface area contributed by atoms with E-state index in [0.29, 0.717) is 16.8 Å². The Bertz CT molecular complexity index is 1500. The maximum Gasteiger partial charge on any atom is 0.307 e. The van der Waals surface area contributed by atoms with Crippen LogP contribution in [0.4, 0.5) is 22.7 Å². The van der Waals surface area contributed by atoms with Gasteiger partial charge in [-0.05, 0) is 48.5 Å². The van der Waals surface area contributed by atoms with Gasteiger partial charge in [-0.3, -0.25) is 4.90 Å². The molecule has 0 radical (unpaired) electrons. The fourth-order valence-corrected chi connectivity index (χ4v) is 5.92. The zero-order valence-electron chi connectivity index (χ0n) is 20.0. The summed E-state index contributed by atoms with van der Waals surface area (Å²) in [6, 6.07) is 37.1. The van der Waals surface area contributed by atoms with Crippen LogP contribution in [0.1, 0.15) is 0 Å². The van der Waals surface area contributed by atoms with Gasteiger partial charge in [0.2, 0.25) is 22.0 Å². The molecule has 0 bridgehead atoms. The third kappa shape index (κ3) is 5.20. The molecule has 0 aromatic heterocycles. The van der Waals surface area contributed by atoms with Crippen molar-refractivity contribution in [2.75, 3.05) is 28.3 Å². The van der Waals surface area contributed by atoms with Crippen LogP contribution in [-0.2, 0) is 0 Å². The Morgan fingerprint density at radius 3 is 1.79 bits per heavy atom. The monoisotopic (exact) mass is 758 g/mol. The molecule has 2 heterocycles. The van der Waals surface area contributed by atoms with Crippen LogP contribution in [0, 0.1) is 0 Å². The Labute approximate surface area is 257 Å². The molecule has 2 aliphatic heterocycles. The number of hydrogen-bond donors (Lipinski definition) is 0.